The van der Waals surface area contributed by atoms with Crippen LogP contribution in [0.25, 0.3) is 0 Å². The van der Waals surface area contributed by atoms with Crippen molar-refractivity contribution in [3.8, 4) is 0 Å². The maximum absolute atomic E-state index is 14.3. The minimum Gasteiger partial charge on any atom is -0.379 e. The smallest absolute Gasteiger partial charge is 0.245 e. The van der Waals surface area contributed by atoms with Crippen LogP contribution in [0.5, 0.6) is 0 Å². The van der Waals surface area contributed by atoms with Gasteiger partial charge < -0.3 is 35.2 Å². The maximum atomic E-state index is 14.3. The largest absolute Gasteiger partial charge is 0.379 e. The SMILES string of the molecule is CC[C@H](C)[C@@H]([C@@H](CC(=O)N1CCC[C@H]1[C@H](OC)[C@@H](C)C(=O)N[C@H](/C=C/Cc1ccccc1)Cc1ccccc1)OC)N(C)C(=O)[C@@H](NC(=O)[C@@H](NC)C(C)C)C(C)C. The first-order valence-corrected chi connectivity index (χ1v) is 21.3. The lowest BCUT2D eigenvalue weighted by molar-refractivity contribution is -0.147. The fourth-order valence-corrected chi connectivity index (χ4v) is 8.38. The molecule has 322 valence electrons. The van der Waals surface area contributed by atoms with Crippen LogP contribution in [0.1, 0.15) is 85.3 Å². The highest BCUT2D eigenvalue weighted by Gasteiger charge is 2.43. The lowest BCUT2D eigenvalue weighted by atomic mass is 9.89. The number of hydrogen-bond acceptors (Lipinski definition) is 7. The summed E-state index contributed by atoms with van der Waals surface area (Å²) in [6, 6.07) is 18.2. The summed E-state index contributed by atoms with van der Waals surface area (Å²) >= 11 is 0. The van der Waals surface area contributed by atoms with Gasteiger partial charge in [-0.25, -0.2) is 0 Å². The van der Waals surface area contributed by atoms with Gasteiger partial charge in [-0.15, -0.1) is 0 Å². The number of carbonyl (C=O) groups excluding carboxylic acids is 4. The van der Waals surface area contributed by atoms with Crippen LogP contribution in [0.3, 0.4) is 0 Å². The third-order valence-corrected chi connectivity index (χ3v) is 11.9. The molecular weight excluding hydrogens is 731 g/mol. The minimum atomic E-state index is -0.753. The molecule has 0 aromatic heterocycles. The van der Waals surface area contributed by atoms with Gasteiger partial charge in [-0.05, 0) is 61.6 Å². The number of nitrogens with zero attached hydrogens (tertiary/aromatic N) is 2. The molecule has 1 fully saturated rings. The van der Waals surface area contributed by atoms with Crippen molar-refractivity contribution in [2.45, 2.75) is 129 Å². The molecule has 1 heterocycles. The highest BCUT2D eigenvalue weighted by Crippen LogP contribution is 2.30. The number of methoxy groups -OCH3 is 2. The summed E-state index contributed by atoms with van der Waals surface area (Å²) in [7, 11) is 6.68. The average Bonchev–Trinajstić information content (AvgIpc) is 3.70. The Kier molecular flexibility index (Phi) is 20.1. The quantitative estimate of drug-likeness (QED) is 0.121. The molecule has 58 heavy (non-hydrogen) atoms. The van der Waals surface area contributed by atoms with Gasteiger partial charge >= 0.3 is 0 Å². The second-order valence-electron chi connectivity index (χ2n) is 16.8. The molecule has 1 aliphatic heterocycles. The Morgan fingerprint density at radius 3 is 1.98 bits per heavy atom. The van der Waals surface area contributed by atoms with Crippen molar-refractivity contribution in [1.29, 1.82) is 0 Å². The van der Waals surface area contributed by atoms with E-state index in [9.17, 15) is 19.2 Å². The first-order valence-electron chi connectivity index (χ1n) is 21.3. The maximum Gasteiger partial charge on any atom is 0.245 e. The molecule has 1 saturated heterocycles. The first kappa shape index (κ1) is 48.3. The van der Waals surface area contributed by atoms with Gasteiger partial charge in [0.15, 0.2) is 0 Å². The van der Waals surface area contributed by atoms with Crippen molar-refractivity contribution in [3.05, 3.63) is 83.9 Å². The van der Waals surface area contributed by atoms with Crippen molar-refractivity contribution in [3.63, 3.8) is 0 Å². The topological polar surface area (TPSA) is 129 Å². The summed E-state index contributed by atoms with van der Waals surface area (Å²) < 4.78 is 12.1. The molecule has 1 aliphatic rings. The van der Waals surface area contributed by atoms with Crippen molar-refractivity contribution in [2.75, 3.05) is 34.9 Å². The number of likely N-dealkylation sites (N-methyl/N-ethyl adjacent to an activating group) is 2. The van der Waals surface area contributed by atoms with Crippen LogP contribution < -0.4 is 16.0 Å². The number of nitrogens with one attached hydrogen (secondary N) is 3. The zero-order chi connectivity index (χ0) is 42.9. The van der Waals surface area contributed by atoms with Gasteiger partial charge in [0, 0.05) is 27.8 Å². The lowest BCUT2D eigenvalue weighted by Crippen LogP contribution is -2.59. The number of hydrogen-bond donors (Lipinski definition) is 3. The molecule has 2 aromatic carbocycles. The van der Waals surface area contributed by atoms with E-state index in [0.717, 1.165) is 24.8 Å². The van der Waals surface area contributed by atoms with Crippen LogP contribution in [-0.2, 0) is 41.5 Å². The van der Waals surface area contributed by atoms with Crippen LogP contribution in [-0.4, -0.2) is 111 Å². The van der Waals surface area contributed by atoms with Crippen molar-refractivity contribution in [1.82, 2.24) is 25.8 Å². The highest BCUT2D eigenvalue weighted by molar-refractivity contribution is 5.90. The number of rotatable bonds is 23. The van der Waals surface area contributed by atoms with E-state index in [2.05, 4.69) is 66.2 Å². The Morgan fingerprint density at radius 1 is 0.845 bits per heavy atom. The van der Waals surface area contributed by atoms with E-state index >= 15 is 0 Å². The van der Waals surface area contributed by atoms with Crippen molar-refractivity contribution in [2.24, 2.45) is 23.7 Å². The van der Waals surface area contributed by atoms with Crippen molar-refractivity contribution >= 4 is 23.6 Å². The molecule has 3 rings (SSSR count). The normalized spacial score (nSPS) is 18.6. The monoisotopic (exact) mass is 804 g/mol. The van der Waals surface area contributed by atoms with Crippen LogP contribution in [0.15, 0.2) is 72.8 Å². The fourth-order valence-electron chi connectivity index (χ4n) is 8.38. The molecule has 4 amide bonds. The molecule has 0 unspecified atom stereocenters. The lowest BCUT2D eigenvalue weighted by Gasteiger charge is -2.41. The summed E-state index contributed by atoms with van der Waals surface area (Å²) in [6.45, 7) is 14.3. The van der Waals surface area contributed by atoms with Crippen LogP contribution >= 0.6 is 0 Å². The average molecular weight is 804 g/mol. The number of amides is 4. The summed E-state index contributed by atoms with van der Waals surface area (Å²) in [4.78, 5) is 59.4. The Balaban J connectivity index is 1.78. The van der Waals surface area contributed by atoms with Gasteiger partial charge in [0.05, 0.1) is 48.7 Å². The molecule has 0 spiro atoms. The summed E-state index contributed by atoms with van der Waals surface area (Å²) in [6.07, 6.45) is 6.73. The number of likely N-dealkylation sites (tertiary alicyclic amines) is 1. The second kappa shape index (κ2) is 24.1. The van der Waals surface area contributed by atoms with Crippen LogP contribution in [0.2, 0.25) is 0 Å². The Morgan fingerprint density at radius 2 is 1.45 bits per heavy atom. The first-order chi connectivity index (χ1) is 27.7. The minimum absolute atomic E-state index is 0.00803. The van der Waals surface area contributed by atoms with Gasteiger partial charge in [0.25, 0.3) is 0 Å². The molecule has 2 aromatic rings. The van der Waals surface area contributed by atoms with Gasteiger partial charge in [0.2, 0.25) is 23.6 Å². The Bertz CT molecular complexity index is 1590. The van der Waals surface area contributed by atoms with Gasteiger partial charge in [0.1, 0.15) is 6.04 Å². The predicted molar refractivity (Wildman–Crippen MR) is 232 cm³/mol. The zero-order valence-electron chi connectivity index (χ0n) is 37.1. The summed E-state index contributed by atoms with van der Waals surface area (Å²) in [5.74, 6) is -1.37. The fraction of sp³-hybridized carbons (Fsp3) is 0.617. The van der Waals surface area contributed by atoms with Gasteiger partial charge in [-0.2, -0.15) is 0 Å². The molecule has 11 nitrogen and oxygen atoms in total. The predicted octanol–water partition coefficient (Wildman–Crippen LogP) is 5.82. The zero-order valence-corrected chi connectivity index (χ0v) is 37.1. The molecule has 0 bridgehead atoms. The number of benzene rings is 2. The Hall–Kier alpha value is -4.06. The molecule has 0 saturated carbocycles. The molecule has 0 aliphatic carbocycles. The summed E-state index contributed by atoms with van der Waals surface area (Å²) in [5.41, 5.74) is 2.31. The van der Waals surface area contributed by atoms with E-state index in [1.54, 1.807) is 33.2 Å². The molecule has 11 heteroatoms. The van der Waals surface area contributed by atoms with E-state index in [4.69, 9.17) is 9.47 Å². The van der Waals surface area contributed by atoms with Gasteiger partial charge in [-0.3, -0.25) is 19.2 Å². The van der Waals surface area contributed by atoms with Crippen molar-refractivity contribution < 1.29 is 28.7 Å². The van der Waals surface area contributed by atoms with Crippen LogP contribution in [0.4, 0.5) is 0 Å². The molecule has 9 atom stereocenters. The highest BCUT2D eigenvalue weighted by atomic mass is 16.5. The van der Waals surface area contributed by atoms with E-state index in [-0.39, 0.29) is 59.9 Å². The number of carbonyl (C=O) groups is 4. The van der Waals surface area contributed by atoms with Gasteiger partial charge in [-0.1, -0.05) is 128 Å². The third-order valence-electron chi connectivity index (χ3n) is 11.9. The molecular formula is C47H73N5O6. The second-order valence-corrected chi connectivity index (χ2v) is 16.8. The van der Waals surface area contributed by atoms with E-state index < -0.39 is 36.3 Å². The third kappa shape index (κ3) is 13.5. The van der Waals surface area contributed by atoms with Crippen LogP contribution in [0, 0.1) is 23.7 Å². The van der Waals surface area contributed by atoms with E-state index in [1.807, 2.05) is 75.9 Å². The molecule has 0 radical (unpaired) electrons. The number of ether oxygens (including phenoxy) is 2. The standard InChI is InChI=1S/C47H73N5O6/c1-12-33(6)43(51(9)47(56)42(32(4)5)50-46(55)41(48-8)31(2)3)39(57-10)30-40(53)52-28-20-27-38(52)44(58-11)34(7)45(54)49-37(29-36-23-17-14-18-24-36)26-19-25-35-21-15-13-16-22-35/h13-19,21-24,26,31-34,37-39,41-44,48H,12,20,25,27-30H2,1-11H3,(H,49,54)(H,50,55)/b26-19+/t33-,34+,37+,38-,39+,41-,42-,43-,44+/m0/s1. The van der Waals surface area contributed by atoms with E-state index in [0.29, 0.717) is 19.4 Å². The summed E-state index contributed by atoms with van der Waals surface area (Å²) in [5, 5.41) is 9.35. The molecule has 3 N–H and O–H groups in total. The van der Waals surface area contributed by atoms with E-state index in [1.165, 1.54) is 5.56 Å². The Labute approximate surface area is 349 Å². The number of allylic oxidation sites excluding steroid dienone is 1.